The summed E-state index contributed by atoms with van der Waals surface area (Å²) in [5.41, 5.74) is 0.331. The molecule has 1 amide bonds. The summed E-state index contributed by atoms with van der Waals surface area (Å²) < 4.78 is 11.3. The number of benzene rings is 1. The van der Waals surface area contributed by atoms with E-state index in [2.05, 4.69) is 11.0 Å². The van der Waals surface area contributed by atoms with Crippen LogP contribution in [0.25, 0.3) is 0 Å². The van der Waals surface area contributed by atoms with Crippen LogP contribution in [0.4, 0.5) is 4.79 Å². The summed E-state index contributed by atoms with van der Waals surface area (Å²) in [7, 11) is 0. The largest absolute Gasteiger partial charge is 0.491 e. The number of hydrogen-bond donors (Lipinski definition) is 0. The summed E-state index contributed by atoms with van der Waals surface area (Å²) in [6.07, 6.45) is 1.88. The molecular formula is C21H26N4O3. The summed E-state index contributed by atoms with van der Waals surface area (Å²) >= 11 is 0. The fraction of sp³-hybridized carbons (Fsp3) is 0.571. The number of amides is 1. The Hall–Kier alpha value is -2.77. The molecule has 3 rings (SSSR count). The van der Waals surface area contributed by atoms with Crippen LogP contribution in [0.1, 0.15) is 44.7 Å². The van der Waals surface area contributed by atoms with E-state index in [1.54, 1.807) is 18.2 Å². The first-order chi connectivity index (χ1) is 13.3. The third-order valence-electron chi connectivity index (χ3n) is 5.12. The molecule has 0 aliphatic carbocycles. The maximum absolute atomic E-state index is 12.4. The van der Waals surface area contributed by atoms with Crippen LogP contribution in [0.3, 0.4) is 0 Å². The molecular weight excluding hydrogens is 356 g/mol. The van der Waals surface area contributed by atoms with E-state index in [4.69, 9.17) is 14.7 Å². The second-order valence-electron chi connectivity index (χ2n) is 8.29. The number of piperazine rings is 1. The Morgan fingerprint density at radius 2 is 1.86 bits per heavy atom. The molecule has 0 spiro atoms. The number of carbonyl (C=O) groups excluding carboxylic acids is 1. The van der Waals surface area contributed by atoms with E-state index >= 15 is 0 Å². The molecule has 28 heavy (non-hydrogen) atoms. The lowest BCUT2D eigenvalue weighted by molar-refractivity contribution is -0.000458. The van der Waals surface area contributed by atoms with Gasteiger partial charge in [0, 0.05) is 31.7 Å². The van der Waals surface area contributed by atoms with E-state index in [0.29, 0.717) is 48.7 Å². The van der Waals surface area contributed by atoms with Crippen molar-refractivity contribution in [2.75, 3.05) is 26.2 Å². The van der Waals surface area contributed by atoms with Gasteiger partial charge in [0.05, 0.1) is 17.2 Å². The number of hydrogen-bond acceptors (Lipinski definition) is 6. The Morgan fingerprint density at radius 3 is 2.43 bits per heavy atom. The van der Waals surface area contributed by atoms with Gasteiger partial charge in [0.25, 0.3) is 0 Å². The summed E-state index contributed by atoms with van der Waals surface area (Å²) in [5, 5.41) is 18.2. The molecule has 2 heterocycles. The summed E-state index contributed by atoms with van der Waals surface area (Å²) in [5.74, 6) is 0.501. The highest BCUT2D eigenvalue weighted by Gasteiger charge is 2.42. The standard InChI is InChI=1S/C21H26N4O3/c1-21(2,3)28-20(26)24-13-17-5-6-18(14-24)25(17)8-9-27-19-7-4-15(11-22)10-16(19)12-23/h4,7,10,17-18H,5-6,8-9,13-14H2,1-3H3. The number of likely N-dealkylation sites (tertiary alicyclic amines) is 1. The zero-order valence-electron chi connectivity index (χ0n) is 16.6. The molecule has 0 radical (unpaired) electrons. The van der Waals surface area contributed by atoms with E-state index in [1.807, 2.05) is 31.7 Å². The van der Waals surface area contributed by atoms with E-state index in [9.17, 15) is 10.1 Å². The van der Waals surface area contributed by atoms with Crippen LogP contribution in [-0.2, 0) is 4.74 Å². The van der Waals surface area contributed by atoms with Crippen molar-refractivity contribution in [1.29, 1.82) is 10.5 Å². The minimum absolute atomic E-state index is 0.239. The van der Waals surface area contributed by atoms with E-state index in [0.717, 1.165) is 19.4 Å². The van der Waals surface area contributed by atoms with Crippen LogP contribution in [0.5, 0.6) is 5.75 Å². The monoisotopic (exact) mass is 382 g/mol. The first kappa shape index (κ1) is 20.0. The molecule has 0 saturated carbocycles. The van der Waals surface area contributed by atoms with Crippen molar-refractivity contribution in [3.05, 3.63) is 29.3 Å². The van der Waals surface area contributed by atoms with Gasteiger partial charge in [-0.2, -0.15) is 10.5 Å². The third kappa shape index (κ3) is 4.55. The van der Waals surface area contributed by atoms with Gasteiger partial charge in [0.1, 0.15) is 24.0 Å². The zero-order chi connectivity index (χ0) is 20.3. The van der Waals surface area contributed by atoms with E-state index in [-0.39, 0.29) is 6.09 Å². The summed E-state index contributed by atoms with van der Waals surface area (Å²) in [4.78, 5) is 16.6. The highest BCUT2D eigenvalue weighted by molar-refractivity contribution is 5.68. The lowest BCUT2D eigenvalue weighted by atomic mass is 10.1. The lowest BCUT2D eigenvalue weighted by Gasteiger charge is -2.41. The predicted octanol–water partition coefficient (Wildman–Crippen LogP) is 2.89. The zero-order valence-corrected chi connectivity index (χ0v) is 16.6. The fourth-order valence-electron chi connectivity index (χ4n) is 3.90. The molecule has 2 aliphatic heterocycles. The van der Waals surface area contributed by atoms with E-state index in [1.165, 1.54) is 0 Å². The molecule has 7 nitrogen and oxygen atoms in total. The third-order valence-corrected chi connectivity index (χ3v) is 5.12. The van der Waals surface area contributed by atoms with Gasteiger partial charge in [-0.1, -0.05) is 0 Å². The van der Waals surface area contributed by atoms with Crippen molar-refractivity contribution < 1.29 is 14.3 Å². The second kappa shape index (κ2) is 8.08. The molecule has 1 aromatic rings. The number of nitrogens with zero attached hydrogens (tertiary/aromatic N) is 4. The minimum Gasteiger partial charge on any atom is -0.491 e. The fourth-order valence-corrected chi connectivity index (χ4v) is 3.90. The molecule has 2 bridgehead atoms. The van der Waals surface area contributed by atoms with Crippen molar-refractivity contribution in [3.8, 4) is 17.9 Å². The topological polar surface area (TPSA) is 89.6 Å². The van der Waals surface area contributed by atoms with Crippen molar-refractivity contribution in [2.24, 2.45) is 0 Å². The van der Waals surface area contributed by atoms with Gasteiger partial charge in [-0.3, -0.25) is 4.90 Å². The number of carbonyl (C=O) groups is 1. The van der Waals surface area contributed by atoms with Crippen LogP contribution in [0, 0.1) is 22.7 Å². The number of nitriles is 2. The minimum atomic E-state index is -0.485. The maximum Gasteiger partial charge on any atom is 0.410 e. The van der Waals surface area contributed by atoms with Gasteiger partial charge in [-0.05, 0) is 51.8 Å². The molecule has 148 valence electrons. The average molecular weight is 382 g/mol. The molecule has 2 unspecified atom stereocenters. The molecule has 2 saturated heterocycles. The van der Waals surface area contributed by atoms with Gasteiger partial charge in [-0.15, -0.1) is 0 Å². The molecule has 2 aliphatic rings. The highest BCUT2D eigenvalue weighted by atomic mass is 16.6. The normalized spacial score (nSPS) is 21.7. The Balaban J connectivity index is 1.54. The SMILES string of the molecule is CC(C)(C)OC(=O)N1CC2CCC(C1)N2CCOc1ccc(C#N)cc1C#N. The van der Waals surface area contributed by atoms with Crippen LogP contribution in [0.2, 0.25) is 0 Å². The Labute approximate surface area is 166 Å². The van der Waals surface area contributed by atoms with Crippen molar-refractivity contribution in [2.45, 2.75) is 51.3 Å². The molecule has 1 aromatic carbocycles. The molecule has 2 fully saturated rings. The quantitative estimate of drug-likeness (QED) is 0.795. The summed E-state index contributed by atoms with van der Waals surface area (Å²) in [6, 6.07) is 9.59. The van der Waals surface area contributed by atoms with Crippen molar-refractivity contribution in [1.82, 2.24) is 9.80 Å². The molecule has 7 heteroatoms. The first-order valence-corrected chi connectivity index (χ1v) is 9.61. The molecule has 0 N–H and O–H groups in total. The number of fused-ring (bicyclic) bond motifs is 2. The number of ether oxygens (including phenoxy) is 2. The van der Waals surface area contributed by atoms with Crippen LogP contribution >= 0.6 is 0 Å². The Morgan fingerprint density at radius 1 is 1.18 bits per heavy atom. The van der Waals surface area contributed by atoms with Gasteiger partial charge in [-0.25, -0.2) is 4.79 Å². The Bertz CT molecular complexity index is 804. The molecule has 2 atom stereocenters. The van der Waals surface area contributed by atoms with Crippen LogP contribution in [-0.4, -0.2) is 59.8 Å². The van der Waals surface area contributed by atoms with Crippen LogP contribution in [0.15, 0.2) is 18.2 Å². The predicted molar refractivity (Wildman–Crippen MR) is 103 cm³/mol. The van der Waals surface area contributed by atoms with Crippen molar-refractivity contribution >= 4 is 6.09 Å². The second-order valence-corrected chi connectivity index (χ2v) is 8.29. The number of rotatable bonds is 4. The Kier molecular flexibility index (Phi) is 5.76. The first-order valence-electron chi connectivity index (χ1n) is 9.61. The van der Waals surface area contributed by atoms with Gasteiger partial charge >= 0.3 is 6.09 Å². The lowest BCUT2D eigenvalue weighted by Crippen LogP contribution is -2.56. The summed E-state index contributed by atoms with van der Waals surface area (Å²) in [6.45, 7) is 8.18. The van der Waals surface area contributed by atoms with Gasteiger partial charge < -0.3 is 14.4 Å². The maximum atomic E-state index is 12.4. The highest BCUT2D eigenvalue weighted by Crippen LogP contribution is 2.30. The van der Waals surface area contributed by atoms with Crippen molar-refractivity contribution in [3.63, 3.8) is 0 Å². The smallest absolute Gasteiger partial charge is 0.410 e. The van der Waals surface area contributed by atoms with Gasteiger partial charge in [0.15, 0.2) is 0 Å². The molecule has 0 aromatic heterocycles. The average Bonchev–Trinajstić information content (AvgIpc) is 2.88. The van der Waals surface area contributed by atoms with E-state index < -0.39 is 5.60 Å². The van der Waals surface area contributed by atoms with Gasteiger partial charge in [0.2, 0.25) is 0 Å². The van der Waals surface area contributed by atoms with Crippen LogP contribution < -0.4 is 4.74 Å².